The Morgan fingerprint density at radius 1 is 0.964 bits per heavy atom. The zero-order valence-corrected chi connectivity index (χ0v) is 18.6. The van der Waals surface area contributed by atoms with Gasteiger partial charge < -0.3 is 0 Å². The number of carbonyl (C=O) groups is 2. The van der Waals surface area contributed by atoms with Crippen molar-refractivity contribution in [2.45, 2.75) is 20.3 Å². The van der Waals surface area contributed by atoms with Crippen LogP contribution in [0.2, 0.25) is 0 Å². The summed E-state index contributed by atoms with van der Waals surface area (Å²) in [7, 11) is 0. The highest BCUT2D eigenvalue weighted by molar-refractivity contribution is 9.11. The number of benzene rings is 3. The van der Waals surface area contributed by atoms with E-state index < -0.39 is 11.7 Å². The second-order valence-corrected chi connectivity index (χ2v) is 8.19. The number of halogens is 2. The molecule has 4 nitrogen and oxygen atoms in total. The lowest BCUT2D eigenvalue weighted by Crippen LogP contribution is -2.29. The number of hydrogen-bond acceptors (Lipinski definition) is 3. The molecule has 3 aromatic carbocycles. The number of amides is 1. The van der Waals surface area contributed by atoms with Crippen LogP contribution in [0.3, 0.4) is 0 Å². The van der Waals surface area contributed by atoms with Gasteiger partial charge in [-0.25, -0.2) is 5.43 Å². The minimum absolute atomic E-state index is 0.0346. The van der Waals surface area contributed by atoms with Gasteiger partial charge in [0.05, 0.1) is 5.71 Å². The Morgan fingerprint density at radius 2 is 1.61 bits per heavy atom. The molecular weight excluding hydrogens is 484 g/mol. The minimum Gasteiger partial charge on any atom is -0.288 e. The van der Waals surface area contributed by atoms with Gasteiger partial charge in [0.2, 0.25) is 5.78 Å². The molecule has 0 aliphatic carbocycles. The number of carbonyl (C=O) groups excluding carboxylic acids is 2. The average molecular weight is 502 g/mol. The van der Waals surface area contributed by atoms with Crippen molar-refractivity contribution in [3.8, 4) is 0 Å². The molecule has 0 heterocycles. The van der Waals surface area contributed by atoms with Gasteiger partial charge in [-0.1, -0.05) is 74.3 Å². The fourth-order valence-corrected chi connectivity index (χ4v) is 3.92. The predicted octanol–water partition coefficient (Wildman–Crippen LogP) is 5.33. The molecule has 3 rings (SSSR count). The molecule has 0 spiro atoms. The first-order chi connectivity index (χ1) is 13.3. The molecule has 0 aliphatic rings. The van der Waals surface area contributed by atoms with E-state index in [-0.39, 0.29) is 6.42 Å². The van der Waals surface area contributed by atoms with E-state index in [1.165, 1.54) is 0 Å². The van der Waals surface area contributed by atoms with E-state index in [1.807, 2.05) is 61.5 Å². The summed E-state index contributed by atoms with van der Waals surface area (Å²) in [6.07, 6.45) is 0.0346. The van der Waals surface area contributed by atoms with Gasteiger partial charge in [-0.3, -0.25) is 9.59 Å². The van der Waals surface area contributed by atoms with Crippen molar-refractivity contribution < 1.29 is 9.59 Å². The largest absolute Gasteiger partial charge is 0.307 e. The van der Waals surface area contributed by atoms with Crippen molar-refractivity contribution in [3.63, 3.8) is 0 Å². The molecule has 0 aromatic heterocycles. The van der Waals surface area contributed by atoms with Crippen LogP contribution in [0, 0.1) is 6.92 Å². The van der Waals surface area contributed by atoms with Crippen LogP contribution in [0.1, 0.15) is 23.6 Å². The van der Waals surface area contributed by atoms with Crippen LogP contribution in [-0.2, 0) is 16.0 Å². The normalized spacial score (nSPS) is 11.5. The van der Waals surface area contributed by atoms with E-state index >= 15 is 0 Å². The summed E-state index contributed by atoms with van der Waals surface area (Å²) in [5.41, 5.74) is 5.68. The van der Waals surface area contributed by atoms with Crippen LogP contribution < -0.4 is 5.43 Å². The number of rotatable bonds is 5. The van der Waals surface area contributed by atoms with E-state index in [4.69, 9.17) is 0 Å². The summed E-state index contributed by atoms with van der Waals surface area (Å²) in [6, 6.07) is 17.5. The molecule has 6 heteroatoms. The molecule has 3 aromatic rings. The van der Waals surface area contributed by atoms with E-state index in [2.05, 4.69) is 42.4 Å². The lowest BCUT2D eigenvalue weighted by Gasteiger charge is -2.07. The third-order valence-corrected chi connectivity index (χ3v) is 6.10. The third kappa shape index (κ3) is 4.75. The molecule has 142 valence electrons. The van der Waals surface area contributed by atoms with Crippen LogP contribution in [0.5, 0.6) is 0 Å². The maximum absolute atomic E-state index is 12.3. The van der Waals surface area contributed by atoms with E-state index in [9.17, 15) is 9.59 Å². The summed E-state index contributed by atoms with van der Waals surface area (Å²) in [4.78, 5) is 24.4. The van der Waals surface area contributed by atoms with Gasteiger partial charge in [0.15, 0.2) is 0 Å². The maximum atomic E-state index is 12.3. The van der Waals surface area contributed by atoms with Gasteiger partial charge in [-0.05, 0) is 53.4 Å². The lowest BCUT2D eigenvalue weighted by molar-refractivity contribution is -0.137. The van der Waals surface area contributed by atoms with Crippen molar-refractivity contribution >= 4 is 60.0 Å². The molecule has 0 saturated carbocycles. The van der Waals surface area contributed by atoms with E-state index in [1.54, 1.807) is 6.92 Å². The summed E-state index contributed by atoms with van der Waals surface area (Å²) in [5.74, 6) is -1.25. The second-order valence-electron chi connectivity index (χ2n) is 6.48. The molecule has 28 heavy (non-hydrogen) atoms. The summed E-state index contributed by atoms with van der Waals surface area (Å²) < 4.78 is 1.87. The first kappa shape index (κ1) is 20.4. The predicted molar refractivity (Wildman–Crippen MR) is 120 cm³/mol. The standard InChI is InChI=1S/C22H18Br2N2O2/c1-13-19(23)11-18(12-20(13)24)14(2)25-26-22(28)21(27)10-15-7-8-16-5-3-4-6-17(16)9-15/h3-9,11-12H,10H2,1-2H3,(H,26,28)/b25-14-. The fourth-order valence-electron chi connectivity index (χ4n) is 2.73. The minimum atomic E-state index is -0.724. The molecular formula is C22H18Br2N2O2. The first-order valence-corrected chi connectivity index (χ1v) is 10.2. The Labute approximate surface area is 180 Å². The Morgan fingerprint density at radius 3 is 2.29 bits per heavy atom. The Kier molecular flexibility index (Phi) is 6.42. The molecule has 1 amide bonds. The van der Waals surface area contributed by atoms with Crippen LogP contribution in [0.15, 0.2) is 68.6 Å². The molecule has 0 radical (unpaired) electrons. The Bertz CT molecular complexity index is 1080. The van der Waals surface area contributed by atoms with Crippen molar-refractivity contribution in [1.82, 2.24) is 5.43 Å². The fraction of sp³-hybridized carbons (Fsp3) is 0.136. The Hall–Kier alpha value is -2.31. The monoisotopic (exact) mass is 500 g/mol. The summed E-state index contributed by atoms with van der Waals surface area (Å²) in [5, 5.41) is 6.21. The first-order valence-electron chi connectivity index (χ1n) is 8.66. The number of ketones is 1. The topological polar surface area (TPSA) is 58.5 Å². The molecule has 0 saturated heterocycles. The number of nitrogens with one attached hydrogen (secondary N) is 1. The SMILES string of the molecule is C/C(=N/NC(=O)C(=O)Cc1ccc2ccccc2c1)c1cc(Br)c(C)c(Br)c1. The van der Waals surface area contributed by atoms with Crippen LogP contribution in [0.25, 0.3) is 10.8 Å². The molecule has 0 aliphatic heterocycles. The zero-order chi connectivity index (χ0) is 20.3. The second kappa shape index (κ2) is 8.80. The van der Waals surface area contributed by atoms with E-state index in [0.717, 1.165) is 36.4 Å². The quantitative estimate of drug-likeness (QED) is 0.292. The molecule has 0 bridgehead atoms. The highest BCUT2D eigenvalue weighted by Crippen LogP contribution is 2.26. The maximum Gasteiger partial charge on any atom is 0.307 e. The highest BCUT2D eigenvalue weighted by Gasteiger charge is 2.14. The molecule has 0 fully saturated rings. The van der Waals surface area contributed by atoms with E-state index in [0.29, 0.717) is 5.71 Å². The molecule has 0 unspecified atom stereocenters. The average Bonchev–Trinajstić information content (AvgIpc) is 2.69. The van der Waals surface area contributed by atoms with Crippen molar-refractivity contribution in [2.24, 2.45) is 5.10 Å². The van der Waals surface area contributed by atoms with Crippen molar-refractivity contribution in [1.29, 1.82) is 0 Å². The molecule has 0 atom stereocenters. The number of hydrogen-bond donors (Lipinski definition) is 1. The van der Waals surface area contributed by atoms with Gasteiger partial charge in [-0.2, -0.15) is 5.10 Å². The van der Waals surface area contributed by atoms with Crippen LogP contribution in [0.4, 0.5) is 0 Å². The van der Waals surface area contributed by atoms with Gasteiger partial charge in [-0.15, -0.1) is 0 Å². The lowest BCUT2D eigenvalue weighted by atomic mass is 10.0. The Balaban J connectivity index is 1.68. The number of nitrogens with zero attached hydrogens (tertiary/aromatic N) is 1. The van der Waals surface area contributed by atoms with Gasteiger partial charge in [0.1, 0.15) is 0 Å². The summed E-state index contributed by atoms with van der Waals surface area (Å²) in [6.45, 7) is 3.76. The number of fused-ring (bicyclic) bond motifs is 1. The van der Waals surface area contributed by atoms with Gasteiger partial charge >= 0.3 is 5.91 Å². The van der Waals surface area contributed by atoms with Crippen molar-refractivity contribution in [2.75, 3.05) is 0 Å². The third-order valence-electron chi connectivity index (χ3n) is 4.46. The number of Topliss-reactive ketones (excluding diaryl/α,β-unsaturated/α-hetero) is 1. The molecule has 1 N–H and O–H groups in total. The van der Waals surface area contributed by atoms with Gasteiger partial charge in [0.25, 0.3) is 0 Å². The van der Waals surface area contributed by atoms with Crippen molar-refractivity contribution in [3.05, 3.63) is 80.2 Å². The summed E-state index contributed by atoms with van der Waals surface area (Å²) >= 11 is 6.99. The number of hydrazone groups is 1. The van der Waals surface area contributed by atoms with Crippen LogP contribution in [-0.4, -0.2) is 17.4 Å². The smallest absolute Gasteiger partial charge is 0.288 e. The van der Waals surface area contributed by atoms with Gasteiger partial charge in [0, 0.05) is 15.4 Å². The highest BCUT2D eigenvalue weighted by atomic mass is 79.9. The van der Waals surface area contributed by atoms with Crippen LogP contribution >= 0.6 is 31.9 Å². The zero-order valence-electron chi connectivity index (χ0n) is 15.4.